The van der Waals surface area contributed by atoms with Crippen molar-refractivity contribution in [2.75, 3.05) is 5.32 Å². The van der Waals surface area contributed by atoms with E-state index in [1.807, 2.05) is 6.92 Å². The number of rotatable bonds is 5. The number of non-ortho nitro benzene ring substituents is 1. The number of nitro benzene ring substituents is 1. The number of nitro groups is 1. The first-order valence-corrected chi connectivity index (χ1v) is 9.29. The van der Waals surface area contributed by atoms with Crippen LogP contribution >= 0.6 is 43.5 Å². The van der Waals surface area contributed by atoms with Crippen molar-refractivity contribution in [3.05, 3.63) is 47.6 Å². The summed E-state index contributed by atoms with van der Waals surface area (Å²) < 4.78 is 2.41. The Bertz CT molecular complexity index is 831. The van der Waals surface area contributed by atoms with E-state index in [0.29, 0.717) is 37.5 Å². The third-order valence-corrected chi connectivity index (χ3v) is 5.50. The van der Waals surface area contributed by atoms with Crippen LogP contribution in [0.5, 0.6) is 0 Å². The van der Waals surface area contributed by atoms with E-state index in [2.05, 4.69) is 42.3 Å². The molecule has 2 rings (SSSR count). The molecule has 0 aliphatic carbocycles. The summed E-state index contributed by atoms with van der Waals surface area (Å²) in [5.74, 6) is -0.292. The van der Waals surface area contributed by atoms with Gasteiger partial charge in [0.2, 0.25) is 5.91 Å². The van der Waals surface area contributed by atoms with Crippen molar-refractivity contribution < 1.29 is 9.72 Å². The number of aromatic nitrogens is 2. The summed E-state index contributed by atoms with van der Waals surface area (Å²) in [5.41, 5.74) is 1.70. The molecule has 134 valence electrons. The van der Waals surface area contributed by atoms with Crippen LogP contribution in [0, 0.1) is 24.0 Å². The van der Waals surface area contributed by atoms with Gasteiger partial charge in [-0.25, -0.2) is 0 Å². The predicted molar refractivity (Wildman–Crippen MR) is 103 cm³/mol. The standard InChI is InChI=1S/C15H15Br2ClN4O3/c1-4-12(21-8(3)13(18)7(2)20-21)15(23)19-14-10(16)5-9(22(24)25)6-11(14)17/h5-6,12H,4H2,1-3H3,(H,19,23). The van der Waals surface area contributed by atoms with Crippen LogP contribution in [0.4, 0.5) is 11.4 Å². The molecule has 0 bridgehead atoms. The molecule has 0 radical (unpaired) electrons. The first-order chi connectivity index (χ1) is 11.7. The lowest BCUT2D eigenvalue weighted by atomic mass is 10.2. The molecule has 0 saturated carbocycles. The minimum absolute atomic E-state index is 0.0888. The number of hydrogen-bond acceptors (Lipinski definition) is 4. The van der Waals surface area contributed by atoms with Gasteiger partial charge in [0.25, 0.3) is 5.69 Å². The minimum Gasteiger partial charge on any atom is -0.322 e. The summed E-state index contributed by atoms with van der Waals surface area (Å²) in [6.45, 7) is 5.45. The maximum Gasteiger partial charge on any atom is 0.271 e. The fraction of sp³-hybridized carbons (Fsp3) is 0.333. The van der Waals surface area contributed by atoms with Crippen LogP contribution in [0.3, 0.4) is 0 Å². The zero-order valence-electron chi connectivity index (χ0n) is 13.6. The molecule has 1 heterocycles. The molecule has 1 unspecified atom stereocenters. The summed E-state index contributed by atoms with van der Waals surface area (Å²) in [7, 11) is 0. The number of carbonyl (C=O) groups is 1. The summed E-state index contributed by atoms with van der Waals surface area (Å²) in [6.07, 6.45) is 0.506. The molecule has 0 saturated heterocycles. The molecule has 0 aliphatic rings. The van der Waals surface area contributed by atoms with Gasteiger partial charge in [0, 0.05) is 21.1 Å². The van der Waals surface area contributed by atoms with Gasteiger partial charge in [-0.15, -0.1) is 0 Å². The molecule has 7 nitrogen and oxygen atoms in total. The van der Waals surface area contributed by atoms with Crippen molar-refractivity contribution in [2.45, 2.75) is 33.2 Å². The molecule has 1 aromatic carbocycles. The summed E-state index contributed by atoms with van der Waals surface area (Å²) in [5, 5.41) is 18.6. The maximum absolute atomic E-state index is 12.7. The molecule has 1 N–H and O–H groups in total. The Morgan fingerprint density at radius 1 is 1.40 bits per heavy atom. The zero-order valence-corrected chi connectivity index (χ0v) is 17.6. The highest BCUT2D eigenvalue weighted by atomic mass is 79.9. The van der Waals surface area contributed by atoms with E-state index in [0.717, 1.165) is 0 Å². The molecular formula is C15H15Br2ClN4O3. The normalized spacial score (nSPS) is 12.1. The van der Waals surface area contributed by atoms with E-state index < -0.39 is 11.0 Å². The minimum atomic E-state index is -0.555. The fourth-order valence-corrected chi connectivity index (χ4v) is 3.89. The number of carbonyl (C=O) groups excluding carboxylic acids is 1. The fourth-order valence-electron chi connectivity index (χ4n) is 2.41. The van der Waals surface area contributed by atoms with Gasteiger partial charge in [-0.1, -0.05) is 18.5 Å². The number of nitrogens with zero attached hydrogens (tertiary/aromatic N) is 3. The Labute approximate surface area is 166 Å². The predicted octanol–water partition coefficient (Wildman–Crippen LogP) is 5.18. The molecule has 1 amide bonds. The highest BCUT2D eigenvalue weighted by Gasteiger charge is 2.25. The quantitative estimate of drug-likeness (QED) is 0.458. The van der Waals surface area contributed by atoms with E-state index >= 15 is 0 Å². The van der Waals surface area contributed by atoms with Crippen molar-refractivity contribution in [3.8, 4) is 0 Å². The highest BCUT2D eigenvalue weighted by molar-refractivity contribution is 9.11. The summed E-state index contributed by atoms with van der Waals surface area (Å²) in [6, 6.07) is 2.11. The van der Waals surface area contributed by atoms with E-state index in [9.17, 15) is 14.9 Å². The number of halogens is 3. The Morgan fingerprint density at radius 3 is 2.36 bits per heavy atom. The van der Waals surface area contributed by atoms with Gasteiger partial charge in [-0.2, -0.15) is 5.10 Å². The van der Waals surface area contributed by atoms with Gasteiger partial charge in [0.05, 0.1) is 27.0 Å². The first kappa shape index (κ1) is 19.9. The van der Waals surface area contributed by atoms with Crippen LogP contribution in [0.1, 0.15) is 30.8 Å². The summed E-state index contributed by atoms with van der Waals surface area (Å²) >= 11 is 12.7. The average molecular weight is 495 g/mol. The Hall–Kier alpha value is -1.45. The third kappa shape index (κ3) is 4.04. The molecule has 1 aromatic heterocycles. The SMILES string of the molecule is CCC(C(=O)Nc1c(Br)cc([N+](=O)[O-])cc1Br)n1nc(C)c(Cl)c1C. The Kier molecular flexibility index (Phi) is 6.23. The monoisotopic (exact) mass is 492 g/mol. The van der Waals surface area contributed by atoms with Crippen molar-refractivity contribution in [2.24, 2.45) is 0 Å². The second kappa shape index (κ2) is 7.84. The molecule has 1 atom stereocenters. The second-order valence-corrected chi connectivity index (χ2v) is 7.47. The van der Waals surface area contributed by atoms with E-state index in [1.54, 1.807) is 18.5 Å². The largest absolute Gasteiger partial charge is 0.322 e. The van der Waals surface area contributed by atoms with Gasteiger partial charge in [0.15, 0.2) is 0 Å². The van der Waals surface area contributed by atoms with E-state index in [-0.39, 0.29) is 11.6 Å². The Morgan fingerprint density at radius 2 is 1.96 bits per heavy atom. The number of benzene rings is 1. The molecule has 25 heavy (non-hydrogen) atoms. The van der Waals surface area contributed by atoms with Crippen molar-refractivity contribution in [3.63, 3.8) is 0 Å². The lowest BCUT2D eigenvalue weighted by Crippen LogP contribution is -2.27. The number of nitrogens with one attached hydrogen (secondary N) is 1. The van der Waals surface area contributed by atoms with E-state index in [1.165, 1.54) is 12.1 Å². The lowest BCUT2D eigenvalue weighted by molar-refractivity contribution is -0.385. The molecule has 0 spiro atoms. The molecular weight excluding hydrogens is 479 g/mol. The lowest BCUT2D eigenvalue weighted by Gasteiger charge is -2.18. The first-order valence-electron chi connectivity index (χ1n) is 7.32. The van der Waals surface area contributed by atoms with Crippen LogP contribution < -0.4 is 5.32 Å². The van der Waals surface area contributed by atoms with Gasteiger partial charge in [-0.05, 0) is 52.1 Å². The highest BCUT2D eigenvalue weighted by Crippen LogP contribution is 2.36. The van der Waals surface area contributed by atoms with Crippen molar-refractivity contribution >= 4 is 60.7 Å². The van der Waals surface area contributed by atoms with Gasteiger partial charge >= 0.3 is 0 Å². The molecule has 2 aromatic rings. The Balaban J connectivity index is 2.34. The average Bonchev–Trinajstić information content (AvgIpc) is 2.79. The molecule has 0 fully saturated rings. The maximum atomic E-state index is 12.7. The van der Waals surface area contributed by atoms with Crippen molar-refractivity contribution in [1.29, 1.82) is 0 Å². The van der Waals surface area contributed by atoms with Gasteiger partial charge < -0.3 is 5.32 Å². The topological polar surface area (TPSA) is 90.1 Å². The molecule has 10 heteroatoms. The smallest absolute Gasteiger partial charge is 0.271 e. The number of aryl methyl sites for hydroxylation is 1. The van der Waals surface area contributed by atoms with Crippen LogP contribution in [0.15, 0.2) is 21.1 Å². The number of anilines is 1. The van der Waals surface area contributed by atoms with Crippen LogP contribution in [0.25, 0.3) is 0 Å². The van der Waals surface area contributed by atoms with E-state index in [4.69, 9.17) is 11.6 Å². The van der Waals surface area contributed by atoms with Gasteiger partial charge in [0.1, 0.15) is 6.04 Å². The van der Waals surface area contributed by atoms with Crippen LogP contribution in [-0.4, -0.2) is 20.6 Å². The second-order valence-electron chi connectivity index (χ2n) is 5.38. The molecule has 0 aliphatic heterocycles. The number of hydrogen-bond donors (Lipinski definition) is 1. The zero-order chi connectivity index (χ0) is 18.9. The van der Waals surface area contributed by atoms with Gasteiger partial charge in [-0.3, -0.25) is 19.6 Å². The van der Waals surface area contributed by atoms with Crippen molar-refractivity contribution in [1.82, 2.24) is 9.78 Å². The van der Waals surface area contributed by atoms with Crippen LogP contribution in [0.2, 0.25) is 5.02 Å². The number of amides is 1. The van der Waals surface area contributed by atoms with Crippen LogP contribution in [-0.2, 0) is 4.79 Å². The third-order valence-electron chi connectivity index (χ3n) is 3.71. The summed E-state index contributed by atoms with van der Waals surface area (Å²) in [4.78, 5) is 23.1.